The van der Waals surface area contributed by atoms with Crippen molar-refractivity contribution in [1.29, 1.82) is 0 Å². The van der Waals surface area contributed by atoms with E-state index in [0.717, 1.165) is 5.56 Å². The standard InChI is InChI=1S/C16H17N3O5S2/c1-12-6-11-25-15(12)16(20)17-7-9-18(10-8-17)26(23,24)14-4-2-13(3-5-14)19(21)22/h2-6,11H,7-10H2,1H3. The van der Waals surface area contributed by atoms with Crippen molar-refractivity contribution in [1.82, 2.24) is 9.21 Å². The van der Waals surface area contributed by atoms with Crippen molar-refractivity contribution in [2.75, 3.05) is 26.2 Å². The molecule has 0 unspecified atom stereocenters. The molecule has 0 bridgehead atoms. The molecule has 138 valence electrons. The maximum Gasteiger partial charge on any atom is 0.269 e. The Hall–Kier alpha value is -2.30. The van der Waals surface area contributed by atoms with Gasteiger partial charge in [0.1, 0.15) is 0 Å². The van der Waals surface area contributed by atoms with Crippen molar-refractivity contribution in [3.05, 3.63) is 56.3 Å². The summed E-state index contributed by atoms with van der Waals surface area (Å²) in [6, 6.07) is 6.70. The number of carbonyl (C=O) groups excluding carboxylic acids is 1. The Labute approximate surface area is 154 Å². The Bertz CT molecular complexity index is 929. The van der Waals surface area contributed by atoms with Gasteiger partial charge in [0.25, 0.3) is 11.6 Å². The molecule has 3 rings (SSSR count). The molecule has 8 nitrogen and oxygen atoms in total. The highest BCUT2D eigenvalue weighted by molar-refractivity contribution is 7.89. The van der Waals surface area contributed by atoms with E-state index in [-0.39, 0.29) is 29.6 Å². The zero-order valence-electron chi connectivity index (χ0n) is 14.0. The summed E-state index contributed by atoms with van der Waals surface area (Å²) in [6.45, 7) is 2.87. The van der Waals surface area contributed by atoms with Crippen LogP contribution < -0.4 is 0 Å². The number of sulfonamides is 1. The predicted molar refractivity (Wildman–Crippen MR) is 96.8 cm³/mol. The van der Waals surface area contributed by atoms with Crippen LogP contribution in [-0.4, -0.2) is 54.6 Å². The van der Waals surface area contributed by atoms with Gasteiger partial charge in [0.2, 0.25) is 10.0 Å². The molecule has 1 saturated heterocycles. The van der Waals surface area contributed by atoms with Crippen LogP contribution in [0.3, 0.4) is 0 Å². The van der Waals surface area contributed by atoms with Gasteiger partial charge >= 0.3 is 0 Å². The van der Waals surface area contributed by atoms with Gasteiger partial charge in [-0.1, -0.05) is 0 Å². The fourth-order valence-electron chi connectivity index (χ4n) is 2.76. The van der Waals surface area contributed by atoms with Gasteiger partial charge in [-0.25, -0.2) is 8.42 Å². The van der Waals surface area contributed by atoms with E-state index in [4.69, 9.17) is 0 Å². The Morgan fingerprint density at radius 2 is 1.73 bits per heavy atom. The van der Waals surface area contributed by atoms with E-state index in [9.17, 15) is 23.3 Å². The second-order valence-electron chi connectivity index (χ2n) is 5.88. The van der Waals surface area contributed by atoms with Gasteiger partial charge in [0.15, 0.2) is 0 Å². The number of nitro benzene ring substituents is 1. The highest BCUT2D eigenvalue weighted by Crippen LogP contribution is 2.23. The van der Waals surface area contributed by atoms with Crippen molar-refractivity contribution in [3.8, 4) is 0 Å². The average molecular weight is 395 g/mol. The quantitative estimate of drug-likeness (QED) is 0.583. The minimum atomic E-state index is -3.74. The monoisotopic (exact) mass is 395 g/mol. The smallest absolute Gasteiger partial charge is 0.269 e. The largest absolute Gasteiger partial charge is 0.335 e. The van der Waals surface area contributed by atoms with Crippen molar-refractivity contribution < 1.29 is 18.1 Å². The van der Waals surface area contributed by atoms with Crippen LogP contribution in [-0.2, 0) is 10.0 Å². The van der Waals surface area contributed by atoms with Gasteiger partial charge in [0.05, 0.1) is 14.7 Å². The zero-order valence-corrected chi connectivity index (χ0v) is 15.6. The first-order valence-electron chi connectivity index (χ1n) is 7.88. The molecule has 2 heterocycles. The summed E-state index contributed by atoms with van der Waals surface area (Å²) in [7, 11) is -3.74. The fraction of sp³-hybridized carbons (Fsp3) is 0.312. The molecule has 0 aliphatic carbocycles. The van der Waals surface area contributed by atoms with E-state index in [2.05, 4.69) is 0 Å². The molecule has 0 atom stereocenters. The van der Waals surface area contributed by atoms with Crippen LogP contribution in [0.1, 0.15) is 15.2 Å². The first-order valence-corrected chi connectivity index (χ1v) is 10.2. The molecule has 1 aromatic carbocycles. The van der Waals surface area contributed by atoms with Crippen molar-refractivity contribution in [3.63, 3.8) is 0 Å². The first kappa shape index (κ1) is 18.5. The highest BCUT2D eigenvalue weighted by Gasteiger charge is 2.31. The third-order valence-electron chi connectivity index (χ3n) is 4.27. The Morgan fingerprint density at radius 3 is 2.23 bits per heavy atom. The van der Waals surface area contributed by atoms with Crippen LogP contribution in [0.15, 0.2) is 40.6 Å². The van der Waals surface area contributed by atoms with Crippen LogP contribution in [0.5, 0.6) is 0 Å². The van der Waals surface area contributed by atoms with Crippen LogP contribution in [0.25, 0.3) is 0 Å². The zero-order chi connectivity index (χ0) is 18.9. The number of benzene rings is 1. The molecular formula is C16H17N3O5S2. The second-order valence-corrected chi connectivity index (χ2v) is 8.73. The normalized spacial score (nSPS) is 15.8. The number of nitrogens with zero attached hydrogens (tertiary/aromatic N) is 3. The molecule has 1 amide bonds. The summed E-state index contributed by atoms with van der Waals surface area (Å²) in [6.07, 6.45) is 0. The summed E-state index contributed by atoms with van der Waals surface area (Å²) in [4.78, 5) is 25.0. The van der Waals surface area contributed by atoms with Crippen molar-refractivity contribution in [2.24, 2.45) is 0 Å². The first-order chi connectivity index (χ1) is 12.3. The Kier molecular flexibility index (Phi) is 5.08. The number of thiophene rings is 1. The number of nitro groups is 1. The number of piperazine rings is 1. The number of hydrogen-bond acceptors (Lipinski definition) is 6. The molecule has 1 aliphatic heterocycles. The molecule has 10 heteroatoms. The summed E-state index contributed by atoms with van der Waals surface area (Å²) in [5, 5.41) is 12.6. The van der Waals surface area contributed by atoms with E-state index in [1.54, 1.807) is 4.90 Å². The predicted octanol–water partition coefficient (Wildman–Crippen LogP) is 2.11. The number of hydrogen-bond donors (Lipinski definition) is 0. The molecule has 0 spiro atoms. The van der Waals surface area contributed by atoms with E-state index >= 15 is 0 Å². The maximum atomic E-state index is 12.7. The van der Waals surface area contributed by atoms with Gasteiger partial charge in [0, 0.05) is 38.3 Å². The minimum Gasteiger partial charge on any atom is -0.335 e. The lowest BCUT2D eigenvalue weighted by atomic mass is 10.2. The van der Waals surface area contributed by atoms with E-state index in [0.29, 0.717) is 18.0 Å². The molecule has 1 fully saturated rings. The average Bonchev–Trinajstić information content (AvgIpc) is 3.07. The topological polar surface area (TPSA) is 101 Å². The number of carbonyl (C=O) groups is 1. The van der Waals surface area contributed by atoms with Gasteiger partial charge in [-0.15, -0.1) is 11.3 Å². The van der Waals surface area contributed by atoms with Crippen LogP contribution in [0.2, 0.25) is 0 Å². The molecule has 1 aromatic heterocycles. The Morgan fingerprint density at radius 1 is 1.12 bits per heavy atom. The van der Waals surface area contributed by atoms with E-state index < -0.39 is 14.9 Å². The number of non-ortho nitro benzene ring substituents is 1. The van der Waals surface area contributed by atoms with Gasteiger partial charge in [-0.3, -0.25) is 14.9 Å². The lowest BCUT2D eigenvalue weighted by Crippen LogP contribution is -2.50. The van der Waals surface area contributed by atoms with Gasteiger partial charge < -0.3 is 4.90 Å². The van der Waals surface area contributed by atoms with Crippen LogP contribution >= 0.6 is 11.3 Å². The Balaban J connectivity index is 1.69. The molecule has 0 saturated carbocycles. The number of rotatable bonds is 4. The van der Waals surface area contributed by atoms with Gasteiger partial charge in [-0.2, -0.15) is 4.31 Å². The van der Waals surface area contributed by atoms with Crippen molar-refractivity contribution in [2.45, 2.75) is 11.8 Å². The summed E-state index contributed by atoms with van der Waals surface area (Å²) >= 11 is 1.38. The van der Waals surface area contributed by atoms with E-state index in [1.165, 1.54) is 39.9 Å². The third kappa shape index (κ3) is 3.48. The van der Waals surface area contributed by atoms with Gasteiger partial charge in [-0.05, 0) is 36.1 Å². The molecule has 26 heavy (non-hydrogen) atoms. The summed E-state index contributed by atoms with van der Waals surface area (Å²) in [5.74, 6) is -0.0788. The third-order valence-corrected chi connectivity index (χ3v) is 7.18. The fourth-order valence-corrected chi connectivity index (χ4v) is 5.07. The molecule has 0 N–H and O–H groups in total. The minimum absolute atomic E-state index is 0.0111. The maximum absolute atomic E-state index is 12.7. The summed E-state index contributed by atoms with van der Waals surface area (Å²) in [5.41, 5.74) is 0.756. The lowest BCUT2D eigenvalue weighted by molar-refractivity contribution is -0.384. The number of aryl methyl sites for hydroxylation is 1. The van der Waals surface area contributed by atoms with Crippen LogP contribution in [0, 0.1) is 17.0 Å². The molecular weight excluding hydrogens is 378 g/mol. The molecule has 1 aliphatic rings. The number of amides is 1. The molecule has 0 radical (unpaired) electrons. The second kappa shape index (κ2) is 7.14. The highest BCUT2D eigenvalue weighted by atomic mass is 32.2. The van der Waals surface area contributed by atoms with Crippen molar-refractivity contribution >= 4 is 33.0 Å². The van der Waals surface area contributed by atoms with E-state index in [1.807, 2.05) is 18.4 Å². The lowest BCUT2D eigenvalue weighted by Gasteiger charge is -2.33. The molecule has 2 aromatic rings. The SMILES string of the molecule is Cc1ccsc1C(=O)N1CCN(S(=O)(=O)c2ccc([N+](=O)[O-])cc2)CC1. The van der Waals surface area contributed by atoms with Crippen LogP contribution in [0.4, 0.5) is 5.69 Å². The summed E-state index contributed by atoms with van der Waals surface area (Å²) < 4.78 is 26.7.